The molecule has 0 bridgehead atoms. The molecule has 2 unspecified atom stereocenters. The van der Waals surface area contributed by atoms with Crippen LogP contribution in [0.4, 0.5) is 5.13 Å². The van der Waals surface area contributed by atoms with E-state index in [2.05, 4.69) is 35.4 Å². The van der Waals surface area contributed by atoms with Crippen molar-refractivity contribution in [2.75, 3.05) is 5.32 Å². The third-order valence-electron chi connectivity index (χ3n) is 2.95. The molecule has 1 saturated carbocycles. The lowest BCUT2D eigenvalue weighted by Gasteiger charge is -2.00. The van der Waals surface area contributed by atoms with Crippen LogP contribution in [0.1, 0.15) is 45.9 Å². The Morgan fingerprint density at radius 1 is 1.50 bits per heavy atom. The van der Waals surface area contributed by atoms with Gasteiger partial charge in [0.1, 0.15) is 5.82 Å². The minimum absolute atomic E-state index is 0.635. The standard InChI is InChI=1S/C12H21N3S/c1-4-5-9-7-10(9)13-12-14-11(15-16-12)6-8(2)3/h8-10H,4-7H2,1-3H3,(H,13,14,15). The fraction of sp³-hybridized carbons (Fsp3) is 0.833. The van der Waals surface area contributed by atoms with Crippen LogP contribution in [0.2, 0.25) is 0 Å². The summed E-state index contributed by atoms with van der Waals surface area (Å²) in [5, 5.41) is 4.50. The van der Waals surface area contributed by atoms with Gasteiger partial charge in [-0.3, -0.25) is 0 Å². The quantitative estimate of drug-likeness (QED) is 0.827. The Kier molecular flexibility index (Phi) is 3.79. The number of anilines is 1. The van der Waals surface area contributed by atoms with Gasteiger partial charge < -0.3 is 5.32 Å². The Morgan fingerprint density at radius 2 is 2.31 bits per heavy atom. The van der Waals surface area contributed by atoms with E-state index in [-0.39, 0.29) is 0 Å². The molecule has 2 atom stereocenters. The van der Waals surface area contributed by atoms with Gasteiger partial charge in [-0.25, -0.2) is 4.98 Å². The predicted molar refractivity (Wildman–Crippen MR) is 68.9 cm³/mol. The van der Waals surface area contributed by atoms with Crippen molar-refractivity contribution >= 4 is 16.7 Å². The molecule has 0 radical (unpaired) electrons. The third kappa shape index (κ3) is 3.17. The highest BCUT2D eigenvalue weighted by Gasteiger charge is 2.36. The van der Waals surface area contributed by atoms with Gasteiger partial charge >= 0.3 is 0 Å². The van der Waals surface area contributed by atoms with Crippen LogP contribution in [0.5, 0.6) is 0 Å². The zero-order valence-corrected chi connectivity index (χ0v) is 11.2. The number of aromatic nitrogens is 2. The fourth-order valence-electron chi connectivity index (χ4n) is 2.03. The van der Waals surface area contributed by atoms with Gasteiger partial charge in [0.05, 0.1) is 0 Å². The van der Waals surface area contributed by atoms with Crippen LogP contribution < -0.4 is 5.32 Å². The van der Waals surface area contributed by atoms with Crippen LogP contribution in [0.15, 0.2) is 0 Å². The van der Waals surface area contributed by atoms with E-state index in [0.717, 1.165) is 23.3 Å². The Morgan fingerprint density at radius 3 is 3.00 bits per heavy atom. The average molecular weight is 239 g/mol. The SMILES string of the molecule is CCCC1CC1Nc1nc(CC(C)C)ns1. The molecule has 0 saturated heterocycles. The van der Waals surface area contributed by atoms with Gasteiger partial charge in [0.15, 0.2) is 0 Å². The maximum atomic E-state index is 4.52. The summed E-state index contributed by atoms with van der Waals surface area (Å²) in [6.07, 6.45) is 4.93. The zero-order valence-electron chi connectivity index (χ0n) is 10.4. The lowest BCUT2D eigenvalue weighted by atomic mass is 10.1. The first-order valence-electron chi connectivity index (χ1n) is 6.28. The van der Waals surface area contributed by atoms with Gasteiger partial charge in [-0.1, -0.05) is 27.2 Å². The molecule has 1 N–H and O–H groups in total. The topological polar surface area (TPSA) is 37.8 Å². The number of nitrogens with zero attached hydrogens (tertiary/aromatic N) is 2. The molecule has 0 spiro atoms. The number of nitrogens with one attached hydrogen (secondary N) is 1. The molecular formula is C12H21N3S. The summed E-state index contributed by atoms with van der Waals surface area (Å²) in [5.74, 6) is 2.51. The zero-order chi connectivity index (χ0) is 11.5. The molecule has 1 aromatic rings. The van der Waals surface area contributed by atoms with Crippen molar-refractivity contribution < 1.29 is 0 Å². The predicted octanol–water partition coefficient (Wildman–Crippen LogP) is 3.34. The fourth-order valence-corrected chi connectivity index (χ4v) is 2.69. The molecule has 3 nitrogen and oxygen atoms in total. The van der Waals surface area contributed by atoms with Gasteiger partial charge in [-0.2, -0.15) is 4.37 Å². The smallest absolute Gasteiger partial charge is 0.202 e. The summed E-state index contributed by atoms with van der Waals surface area (Å²) in [4.78, 5) is 4.52. The summed E-state index contributed by atoms with van der Waals surface area (Å²) < 4.78 is 4.38. The molecule has 0 aromatic carbocycles. The monoisotopic (exact) mass is 239 g/mol. The van der Waals surface area contributed by atoms with Crippen molar-refractivity contribution in [1.29, 1.82) is 0 Å². The molecule has 90 valence electrons. The number of hydrogen-bond donors (Lipinski definition) is 1. The first-order chi connectivity index (χ1) is 7.69. The van der Waals surface area contributed by atoms with Crippen molar-refractivity contribution in [2.45, 2.75) is 52.5 Å². The molecule has 0 amide bonds. The molecule has 4 heteroatoms. The maximum Gasteiger partial charge on any atom is 0.202 e. The van der Waals surface area contributed by atoms with E-state index in [1.165, 1.54) is 30.8 Å². The molecule has 1 heterocycles. The largest absolute Gasteiger partial charge is 0.357 e. The third-order valence-corrected chi connectivity index (χ3v) is 3.63. The molecule has 1 aliphatic carbocycles. The first-order valence-corrected chi connectivity index (χ1v) is 7.05. The van der Waals surface area contributed by atoms with E-state index in [1.807, 2.05) is 0 Å². The molecule has 1 aliphatic rings. The average Bonchev–Trinajstić information content (AvgIpc) is 2.76. The second-order valence-corrected chi connectivity index (χ2v) is 5.90. The van der Waals surface area contributed by atoms with E-state index in [0.29, 0.717) is 12.0 Å². The van der Waals surface area contributed by atoms with Gasteiger partial charge in [-0.15, -0.1) is 0 Å². The van der Waals surface area contributed by atoms with Crippen LogP contribution in [0, 0.1) is 11.8 Å². The van der Waals surface area contributed by atoms with E-state index >= 15 is 0 Å². The lowest BCUT2D eigenvalue weighted by molar-refractivity contribution is 0.627. The van der Waals surface area contributed by atoms with Gasteiger partial charge in [-0.05, 0) is 24.7 Å². The Bertz CT molecular complexity index is 335. The normalized spacial score (nSPS) is 23.8. The first kappa shape index (κ1) is 11.8. The van der Waals surface area contributed by atoms with Crippen molar-refractivity contribution in [3.05, 3.63) is 5.82 Å². The summed E-state index contributed by atoms with van der Waals surface area (Å²) in [7, 11) is 0. The number of hydrogen-bond acceptors (Lipinski definition) is 4. The molecule has 1 aromatic heterocycles. The summed E-state index contributed by atoms with van der Waals surface area (Å²) in [6.45, 7) is 6.65. The minimum Gasteiger partial charge on any atom is -0.357 e. The van der Waals surface area contributed by atoms with E-state index < -0.39 is 0 Å². The van der Waals surface area contributed by atoms with Crippen LogP contribution in [0.3, 0.4) is 0 Å². The van der Waals surface area contributed by atoms with Crippen molar-refractivity contribution in [1.82, 2.24) is 9.36 Å². The Labute approximate surface area is 102 Å². The maximum absolute atomic E-state index is 4.52. The van der Waals surface area contributed by atoms with Crippen LogP contribution in [0.25, 0.3) is 0 Å². The molecular weight excluding hydrogens is 218 g/mol. The second kappa shape index (κ2) is 5.13. The van der Waals surface area contributed by atoms with Gasteiger partial charge in [0.2, 0.25) is 5.13 Å². The molecule has 1 fully saturated rings. The molecule has 2 rings (SSSR count). The molecule has 0 aliphatic heterocycles. The number of rotatable bonds is 6. The highest BCUT2D eigenvalue weighted by molar-refractivity contribution is 7.09. The highest BCUT2D eigenvalue weighted by Crippen LogP contribution is 2.37. The van der Waals surface area contributed by atoms with Crippen LogP contribution in [-0.4, -0.2) is 15.4 Å². The van der Waals surface area contributed by atoms with Crippen molar-refractivity contribution in [2.24, 2.45) is 11.8 Å². The lowest BCUT2D eigenvalue weighted by Crippen LogP contribution is -2.04. The summed E-state index contributed by atoms with van der Waals surface area (Å²) in [6, 6.07) is 0.666. The summed E-state index contributed by atoms with van der Waals surface area (Å²) >= 11 is 1.51. The molecule has 16 heavy (non-hydrogen) atoms. The van der Waals surface area contributed by atoms with Gasteiger partial charge in [0.25, 0.3) is 0 Å². The Hall–Kier alpha value is -0.640. The van der Waals surface area contributed by atoms with Crippen LogP contribution >= 0.6 is 11.5 Å². The second-order valence-electron chi connectivity index (χ2n) is 5.15. The van der Waals surface area contributed by atoms with Crippen molar-refractivity contribution in [3.63, 3.8) is 0 Å². The van der Waals surface area contributed by atoms with Crippen molar-refractivity contribution in [3.8, 4) is 0 Å². The summed E-state index contributed by atoms with van der Waals surface area (Å²) in [5.41, 5.74) is 0. The van der Waals surface area contributed by atoms with E-state index in [9.17, 15) is 0 Å². The van der Waals surface area contributed by atoms with E-state index in [1.54, 1.807) is 0 Å². The highest BCUT2D eigenvalue weighted by atomic mass is 32.1. The Balaban J connectivity index is 1.80. The van der Waals surface area contributed by atoms with E-state index in [4.69, 9.17) is 0 Å². The minimum atomic E-state index is 0.635. The van der Waals surface area contributed by atoms with Crippen LogP contribution in [-0.2, 0) is 6.42 Å². The van der Waals surface area contributed by atoms with Gasteiger partial charge in [0, 0.05) is 24.0 Å².